The lowest BCUT2D eigenvalue weighted by atomic mass is 9.75. The summed E-state index contributed by atoms with van der Waals surface area (Å²) in [6.07, 6.45) is 5.21. The molecule has 1 aromatic carbocycles. The fraction of sp³-hybridized carbons (Fsp3) is 0.276. The van der Waals surface area contributed by atoms with Crippen molar-refractivity contribution in [2.45, 2.75) is 26.3 Å². The van der Waals surface area contributed by atoms with Gasteiger partial charge in [0.05, 0.1) is 35.3 Å². The van der Waals surface area contributed by atoms with Gasteiger partial charge in [0.2, 0.25) is 5.91 Å². The number of amides is 2. The van der Waals surface area contributed by atoms with Crippen LogP contribution in [0.5, 0.6) is 5.75 Å². The minimum atomic E-state index is -0.523. The third-order valence-corrected chi connectivity index (χ3v) is 6.92. The van der Waals surface area contributed by atoms with Crippen LogP contribution in [0.3, 0.4) is 0 Å². The van der Waals surface area contributed by atoms with Crippen LogP contribution < -0.4 is 15.4 Å². The van der Waals surface area contributed by atoms with E-state index in [2.05, 4.69) is 52.9 Å². The Morgan fingerprint density at radius 2 is 2.18 bits per heavy atom. The predicted octanol–water partition coefficient (Wildman–Crippen LogP) is 4.03. The minimum absolute atomic E-state index is 0.0403. The highest BCUT2D eigenvalue weighted by molar-refractivity contribution is 6.06. The van der Waals surface area contributed by atoms with Gasteiger partial charge in [-0.25, -0.2) is 4.39 Å². The molecule has 5 rings (SSSR count). The summed E-state index contributed by atoms with van der Waals surface area (Å²) in [5, 5.41) is 6.12. The number of methoxy groups -OCH3 is 1. The fourth-order valence-electron chi connectivity index (χ4n) is 5.04. The maximum absolute atomic E-state index is 14.5. The van der Waals surface area contributed by atoms with E-state index < -0.39 is 5.82 Å². The highest BCUT2D eigenvalue weighted by atomic mass is 19.1. The third kappa shape index (κ3) is 4.28. The van der Waals surface area contributed by atoms with Crippen molar-refractivity contribution in [3.63, 3.8) is 0 Å². The molecule has 2 aromatic heterocycles. The molecule has 1 fully saturated rings. The van der Waals surface area contributed by atoms with Gasteiger partial charge in [-0.15, -0.1) is 0 Å². The number of anilines is 2. The monoisotopic (exact) mass is 513 g/mol. The van der Waals surface area contributed by atoms with Crippen molar-refractivity contribution in [2.75, 3.05) is 25.5 Å². The van der Waals surface area contributed by atoms with E-state index in [4.69, 9.17) is 4.74 Å². The Balaban J connectivity index is 1.62. The van der Waals surface area contributed by atoms with E-state index in [1.54, 1.807) is 29.4 Å². The van der Waals surface area contributed by atoms with Crippen molar-refractivity contribution < 1.29 is 18.7 Å². The Morgan fingerprint density at radius 3 is 2.92 bits per heavy atom. The molecule has 3 aromatic rings. The number of pyridine rings is 1. The van der Waals surface area contributed by atoms with Crippen LogP contribution in [-0.4, -0.2) is 52.9 Å². The van der Waals surface area contributed by atoms with Gasteiger partial charge in [0.25, 0.3) is 5.91 Å². The molecular weight excluding hydrogens is 485 g/mol. The number of nitrogens with zero attached hydrogens (tertiary/aromatic N) is 2. The van der Waals surface area contributed by atoms with Crippen molar-refractivity contribution in [1.29, 1.82) is 0 Å². The van der Waals surface area contributed by atoms with Crippen molar-refractivity contribution >= 4 is 23.2 Å². The average molecular weight is 514 g/mol. The van der Waals surface area contributed by atoms with E-state index in [1.165, 1.54) is 19.3 Å². The summed E-state index contributed by atoms with van der Waals surface area (Å²) in [4.78, 5) is 34.6. The van der Waals surface area contributed by atoms with Crippen LogP contribution in [0.4, 0.5) is 15.8 Å². The molecule has 194 valence electrons. The van der Waals surface area contributed by atoms with Gasteiger partial charge in [-0.3, -0.25) is 14.6 Å². The van der Waals surface area contributed by atoms with E-state index in [-0.39, 0.29) is 29.0 Å². The Kier molecular flexibility index (Phi) is 6.41. The Morgan fingerprint density at radius 1 is 1.37 bits per heavy atom. The van der Waals surface area contributed by atoms with Crippen molar-refractivity contribution in [3.8, 4) is 28.8 Å². The highest BCUT2D eigenvalue weighted by Gasteiger charge is 2.46. The smallest absolute Gasteiger partial charge is 0.255 e. The van der Waals surface area contributed by atoms with Crippen LogP contribution in [0.2, 0.25) is 0 Å². The highest BCUT2D eigenvalue weighted by Crippen LogP contribution is 2.41. The Bertz CT molecular complexity index is 1510. The number of aromatic amines is 1. The normalized spacial score (nSPS) is 17.3. The molecule has 0 radical (unpaired) electrons. The number of nitrogens with one attached hydrogen (secondary N) is 3. The van der Waals surface area contributed by atoms with Crippen LogP contribution in [0.25, 0.3) is 11.3 Å². The molecule has 0 saturated carbocycles. The quantitative estimate of drug-likeness (QED) is 0.354. The lowest BCUT2D eigenvalue weighted by molar-refractivity contribution is -0.140. The molecule has 4 heterocycles. The molecular formula is C29H28FN5O3. The topological polar surface area (TPSA) is 99.3 Å². The fourth-order valence-corrected chi connectivity index (χ4v) is 5.04. The summed E-state index contributed by atoms with van der Waals surface area (Å²) in [6.45, 7) is 8.82. The van der Waals surface area contributed by atoms with Gasteiger partial charge < -0.3 is 25.3 Å². The number of para-hydroxylation sites is 1. The first-order valence-electron chi connectivity index (χ1n) is 12.3. The molecule has 1 atom stereocenters. The second-order valence-corrected chi connectivity index (χ2v) is 9.93. The molecule has 2 aliphatic heterocycles. The number of aromatic nitrogens is 2. The molecule has 38 heavy (non-hydrogen) atoms. The van der Waals surface area contributed by atoms with Gasteiger partial charge >= 0.3 is 0 Å². The van der Waals surface area contributed by atoms with E-state index in [1.807, 2.05) is 6.07 Å². The number of H-pyrrole nitrogens is 1. The zero-order valence-electron chi connectivity index (χ0n) is 21.4. The standard InChI is InChI=1S/C29H28FN5O3/c1-5-23(36)35-16-29(2,3)22(35)10-9-17-15-31-13-11-18(17)25-26(24-20(33-25)12-14-32-28(24)37)34-21-8-6-7-19(30)27(21)38-4/h5-8,11,13,15,22,33-34H,1,12,14,16H2,2-4H3,(H,32,37). The van der Waals surface area contributed by atoms with Crippen LogP contribution in [0.15, 0.2) is 49.3 Å². The molecule has 3 N–H and O–H groups in total. The number of ether oxygens (including phenoxy) is 1. The molecule has 8 nitrogen and oxygen atoms in total. The molecule has 9 heteroatoms. The zero-order valence-corrected chi connectivity index (χ0v) is 21.4. The first-order valence-corrected chi connectivity index (χ1v) is 12.3. The number of rotatable bonds is 5. The SMILES string of the molecule is C=CC(=O)N1CC(C)(C)C1C#Cc1cnccc1-c1[nH]c2c(c1Nc1cccc(F)c1OC)C(=O)NCC2. The van der Waals surface area contributed by atoms with Gasteiger partial charge in [-0.2, -0.15) is 0 Å². The van der Waals surface area contributed by atoms with Crippen molar-refractivity contribution in [1.82, 2.24) is 20.2 Å². The second kappa shape index (κ2) is 9.71. The largest absolute Gasteiger partial charge is 0.492 e. The molecule has 0 aliphatic carbocycles. The van der Waals surface area contributed by atoms with Gasteiger partial charge in [-0.1, -0.05) is 38.3 Å². The van der Waals surface area contributed by atoms with Crippen LogP contribution >= 0.6 is 0 Å². The average Bonchev–Trinajstić information content (AvgIpc) is 3.26. The number of carbonyl (C=O) groups excluding carboxylic acids is 2. The molecule has 0 spiro atoms. The summed E-state index contributed by atoms with van der Waals surface area (Å²) in [7, 11) is 1.39. The Hall–Kier alpha value is -4.58. The first-order chi connectivity index (χ1) is 18.2. The number of benzene rings is 1. The summed E-state index contributed by atoms with van der Waals surface area (Å²) < 4.78 is 19.7. The van der Waals surface area contributed by atoms with E-state index in [0.29, 0.717) is 53.3 Å². The molecule has 0 bridgehead atoms. The number of hydrogen-bond acceptors (Lipinski definition) is 5. The number of fused-ring (bicyclic) bond motifs is 1. The molecule has 1 unspecified atom stereocenters. The number of halogens is 1. The maximum atomic E-state index is 14.5. The van der Waals surface area contributed by atoms with E-state index in [9.17, 15) is 14.0 Å². The summed E-state index contributed by atoms with van der Waals surface area (Å²) in [5.41, 5.74) is 3.88. The van der Waals surface area contributed by atoms with Gasteiger partial charge in [0.1, 0.15) is 6.04 Å². The Labute approximate surface area is 220 Å². The first kappa shape index (κ1) is 25.1. The van der Waals surface area contributed by atoms with Crippen LogP contribution in [0, 0.1) is 23.1 Å². The summed E-state index contributed by atoms with van der Waals surface area (Å²) >= 11 is 0. The van der Waals surface area contributed by atoms with Gasteiger partial charge in [0, 0.05) is 48.6 Å². The third-order valence-electron chi connectivity index (χ3n) is 6.92. The van der Waals surface area contributed by atoms with Gasteiger partial charge in [0.15, 0.2) is 11.6 Å². The van der Waals surface area contributed by atoms with Gasteiger partial charge in [-0.05, 0) is 24.3 Å². The lowest BCUT2D eigenvalue weighted by Gasteiger charge is -2.51. The summed E-state index contributed by atoms with van der Waals surface area (Å²) in [6, 6.07) is 6.09. The van der Waals surface area contributed by atoms with Crippen molar-refractivity contribution in [3.05, 3.63) is 72.0 Å². The zero-order chi connectivity index (χ0) is 27.0. The van der Waals surface area contributed by atoms with Crippen LogP contribution in [-0.2, 0) is 11.2 Å². The number of hydrogen-bond donors (Lipinski definition) is 3. The predicted molar refractivity (Wildman–Crippen MR) is 143 cm³/mol. The number of carbonyl (C=O) groups is 2. The van der Waals surface area contributed by atoms with E-state index in [0.717, 1.165) is 5.69 Å². The van der Waals surface area contributed by atoms with E-state index >= 15 is 0 Å². The molecule has 2 aliphatic rings. The summed E-state index contributed by atoms with van der Waals surface area (Å²) in [5.74, 6) is 5.59. The maximum Gasteiger partial charge on any atom is 0.255 e. The molecule has 1 saturated heterocycles. The lowest BCUT2D eigenvalue weighted by Crippen LogP contribution is -2.62. The molecule has 2 amide bonds. The second-order valence-electron chi connectivity index (χ2n) is 9.93. The minimum Gasteiger partial charge on any atom is -0.492 e. The van der Waals surface area contributed by atoms with Crippen molar-refractivity contribution in [2.24, 2.45) is 5.41 Å². The van der Waals surface area contributed by atoms with Crippen LogP contribution in [0.1, 0.15) is 35.5 Å². The number of likely N-dealkylation sites (tertiary alicyclic amines) is 1.